The summed E-state index contributed by atoms with van der Waals surface area (Å²) in [7, 11) is 1.78. The number of likely N-dealkylation sites (N-methyl/N-ethyl adjacent to an activating group) is 1. The van der Waals surface area contributed by atoms with Crippen LogP contribution >= 0.6 is 0 Å². The number of carbonyl (C=O) groups excluding carboxylic acids is 1. The lowest BCUT2D eigenvalue weighted by Gasteiger charge is -2.38. The van der Waals surface area contributed by atoms with Crippen LogP contribution in [-0.4, -0.2) is 66.3 Å². The zero-order chi connectivity index (χ0) is 13.9. The molecule has 1 aromatic rings. The molecule has 0 aliphatic carbocycles. The molecule has 0 N–H and O–H groups in total. The van der Waals surface area contributed by atoms with Crippen LogP contribution in [0.15, 0.2) is 16.9 Å². The molecule has 0 bridgehead atoms. The molecule has 1 fully saturated rings. The number of carbonyl (C=O) groups is 1. The van der Waals surface area contributed by atoms with Crippen molar-refractivity contribution in [2.24, 2.45) is 0 Å². The van der Waals surface area contributed by atoms with Gasteiger partial charge in [-0.15, -0.1) is 0 Å². The van der Waals surface area contributed by atoms with Crippen LogP contribution in [0.1, 0.15) is 24.3 Å². The number of hydrogen-bond acceptors (Lipinski definition) is 5. The predicted octanol–water partition coefficient (Wildman–Crippen LogP) is 0.857. The third kappa shape index (κ3) is 3.78. The maximum atomic E-state index is 12.0. The Morgan fingerprint density at radius 1 is 1.58 bits per heavy atom. The summed E-state index contributed by atoms with van der Waals surface area (Å²) in [4.78, 5) is 15.9. The Balaban J connectivity index is 1.80. The highest BCUT2D eigenvalue weighted by Gasteiger charge is 2.27. The van der Waals surface area contributed by atoms with Crippen molar-refractivity contribution >= 4 is 5.91 Å². The van der Waals surface area contributed by atoms with Crippen LogP contribution in [-0.2, 0) is 4.74 Å². The first-order valence-electron chi connectivity index (χ1n) is 6.50. The number of nitrogens with zero attached hydrogens (tertiary/aromatic N) is 3. The van der Waals surface area contributed by atoms with Gasteiger partial charge in [-0.2, -0.15) is 0 Å². The minimum atomic E-state index is -0.110. The van der Waals surface area contributed by atoms with Gasteiger partial charge in [-0.05, 0) is 13.8 Å². The number of aromatic nitrogens is 1. The average molecular weight is 267 g/mol. The lowest BCUT2D eigenvalue weighted by atomic mass is 10.1. The Morgan fingerprint density at radius 2 is 2.37 bits per heavy atom. The second kappa shape index (κ2) is 5.71. The van der Waals surface area contributed by atoms with Crippen molar-refractivity contribution in [1.29, 1.82) is 0 Å². The molecule has 0 saturated carbocycles. The molecule has 106 valence electrons. The van der Waals surface area contributed by atoms with Crippen molar-refractivity contribution < 1.29 is 14.1 Å². The van der Waals surface area contributed by atoms with Gasteiger partial charge in [0.1, 0.15) is 6.26 Å². The van der Waals surface area contributed by atoms with Crippen molar-refractivity contribution in [2.75, 3.05) is 39.8 Å². The van der Waals surface area contributed by atoms with Crippen molar-refractivity contribution in [2.45, 2.75) is 19.4 Å². The van der Waals surface area contributed by atoms with E-state index < -0.39 is 0 Å². The van der Waals surface area contributed by atoms with Gasteiger partial charge in [-0.25, -0.2) is 0 Å². The van der Waals surface area contributed by atoms with Crippen molar-refractivity contribution in [1.82, 2.24) is 15.0 Å². The summed E-state index contributed by atoms with van der Waals surface area (Å²) in [6.07, 6.45) is 1.41. The number of morpholine rings is 1. The molecule has 0 atom stereocenters. The summed E-state index contributed by atoms with van der Waals surface area (Å²) in [5.74, 6) is -0.110. The number of amides is 1. The molecule has 0 spiro atoms. The Labute approximate surface area is 113 Å². The minimum absolute atomic E-state index is 0.104. The lowest BCUT2D eigenvalue weighted by molar-refractivity contribution is -0.0864. The van der Waals surface area contributed by atoms with Gasteiger partial charge in [0.15, 0.2) is 5.69 Å². The number of ether oxygens (including phenoxy) is 1. The Hall–Kier alpha value is -1.40. The third-order valence-electron chi connectivity index (χ3n) is 3.26. The van der Waals surface area contributed by atoms with E-state index in [1.807, 2.05) is 0 Å². The summed E-state index contributed by atoms with van der Waals surface area (Å²) in [6, 6.07) is 1.58. The molecule has 6 heteroatoms. The van der Waals surface area contributed by atoms with E-state index in [2.05, 4.69) is 28.4 Å². The Morgan fingerprint density at radius 3 is 3.00 bits per heavy atom. The van der Waals surface area contributed by atoms with E-state index in [4.69, 9.17) is 4.74 Å². The molecule has 19 heavy (non-hydrogen) atoms. The first-order valence-corrected chi connectivity index (χ1v) is 6.50. The maximum Gasteiger partial charge on any atom is 0.275 e. The molecule has 1 aromatic heterocycles. The third-order valence-corrected chi connectivity index (χ3v) is 3.26. The molecule has 6 nitrogen and oxygen atoms in total. The first-order chi connectivity index (χ1) is 8.98. The average Bonchev–Trinajstić information content (AvgIpc) is 2.87. The molecule has 2 rings (SSSR count). The molecule has 0 unspecified atom stereocenters. The molecule has 0 aromatic carbocycles. The summed E-state index contributed by atoms with van der Waals surface area (Å²) < 4.78 is 10.3. The minimum Gasteiger partial charge on any atom is -0.373 e. The number of rotatable bonds is 4. The van der Waals surface area contributed by atoms with E-state index in [9.17, 15) is 4.79 Å². The monoisotopic (exact) mass is 267 g/mol. The van der Waals surface area contributed by atoms with Gasteiger partial charge in [-0.1, -0.05) is 5.16 Å². The van der Waals surface area contributed by atoms with Crippen LogP contribution in [0.4, 0.5) is 0 Å². The lowest BCUT2D eigenvalue weighted by Crippen LogP contribution is -2.50. The summed E-state index contributed by atoms with van der Waals surface area (Å²) in [6.45, 7) is 8.23. The highest BCUT2D eigenvalue weighted by Crippen LogP contribution is 2.16. The van der Waals surface area contributed by atoms with Gasteiger partial charge in [-0.3, -0.25) is 9.69 Å². The summed E-state index contributed by atoms with van der Waals surface area (Å²) in [5.41, 5.74) is 0.247. The van der Waals surface area contributed by atoms with Crippen LogP contribution in [0, 0.1) is 0 Å². The van der Waals surface area contributed by atoms with Crippen LogP contribution in [0.5, 0.6) is 0 Å². The largest absolute Gasteiger partial charge is 0.373 e. The van der Waals surface area contributed by atoms with Crippen molar-refractivity contribution in [3.63, 3.8) is 0 Å². The highest BCUT2D eigenvalue weighted by molar-refractivity contribution is 5.91. The number of hydrogen-bond donors (Lipinski definition) is 0. The summed E-state index contributed by atoms with van der Waals surface area (Å²) >= 11 is 0. The van der Waals surface area contributed by atoms with E-state index in [1.54, 1.807) is 18.0 Å². The van der Waals surface area contributed by atoms with Gasteiger partial charge < -0.3 is 14.2 Å². The van der Waals surface area contributed by atoms with Gasteiger partial charge in [0, 0.05) is 39.3 Å². The second-order valence-corrected chi connectivity index (χ2v) is 5.50. The molecule has 0 radical (unpaired) electrons. The van der Waals surface area contributed by atoms with Crippen molar-refractivity contribution in [3.8, 4) is 0 Å². The quantitative estimate of drug-likeness (QED) is 0.809. The molecule has 1 saturated heterocycles. The maximum absolute atomic E-state index is 12.0. The van der Waals surface area contributed by atoms with Crippen LogP contribution in [0.3, 0.4) is 0 Å². The Bertz CT molecular complexity index is 417. The molecule has 1 aliphatic heterocycles. The fourth-order valence-electron chi connectivity index (χ4n) is 2.22. The highest BCUT2D eigenvalue weighted by atomic mass is 16.5. The topological polar surface area (TPSA) is 58.8 Å². The standard InChI is InChI=1S/C13H21N3O3/c1-13(2)10-16(7-9-18-13)6-5-15(3)12(17)11-4-8-19-14-11/h4,8H,5-7,9-10H2,1-3H3. The summed E-state index contributed by atoms with van der Waals surface area (Å²) in [5, 5.41) is 3.66. The van der Waals surface area contributed by atoms with E-state index >= 15 is 0 Å². The smallest absolute Gasteiger partial charge is 0.275 e. The Kier molecular flexibility index (Phi) is 4.21. The SMILES string of the molecule is CN(CCN1CCOC(C)(C)C1)C(=O)c1ccon1. The van der Waals surface area contributed by atoms with Crippen LogP contribution in [0.2, 0.25) is 0 Å². The van der Waals surface area contributed by atoms with E-state index in [0.29, 0.717) is 12.2 Å². The van der Waals surface area contributed by atoms with Gasteiger partial charge in [0.25, 0.3) is 5.91 Å². The normalized spacial score (nSPS) is 19.3. The molecular weight excluding hydrogens is 246 g/mol. The molecule has 1 amide bonds. The van der Waals surface area contributed by atoms with E-state index in [-0.39, 0.29) is 11.5 Å². The molecule has 2 heterocycles. The zero-order valence-corrected chi connectivity index (χ0v) is 11.8. The fraction of sp³-hybridized carbons (Fsp3) is 0.692. The fourth-order valence-corrected chi connectivity index (χ4v) is 2.22. The zero-order valence-electron chi connectivity index (χ0n) is 11.8. The van der Waals surface area contributed by atoms with E-state index in [1.165, 1.54) is 6.26 Å². The van der Waals surface area contributed by atoms with Gasteiger partial charge in [0.05, 0.1) is 12.2 Å². The molecule has 1 aliphatic rings. The van der Waals surface area contributed by atoms with Crippen LogP contribution < -0.4 is 0 Å². The first kappa shape index (κ1) is 14.0. The van der Waals surface area contributed by atoms with Crippen molar-refractivity contribution in [3.05, 3.63) is 18.0 Å². The van der Waals surface area contributed by atoms with Crippen LogP contribution in [0.25, 0.3) is 0 Å². The van der Waals surface area contributed by atoms with E-state index in [0.717, 1.165) is 26.2 Å². The predicted molar refractivity (Wildman–Crippen MR) is 69.9 cm³/mol. The second-order valence-electron chi connectivity index (χ2n) is 5.50. The molecular formula is C13H21N3O3. The van der Waals surface area contributed by atoms with Gasteiger partial charge in [0.2, 0.25) is 0 Å². The van der Waals surface area contributed by atoms with Gasteiger partial charge >= 0.3 is 0 Å².